The van der Waals surface area contributed by atoms with Gasteiger partial charge in [-0.1, -0.05) is 18.5 Å². The zero-order chi connectivity index (χ0) is 16.2. The molecule has 1 saturated carbocycles. The Morgan fingerprint density at radius 1 is 1.13 bits per heavy atom. The molecular weight excluding hydrogens is 312 g/mol. The molecule has 122 valence electrons. The highest BCUT2D eigenvalue weighted by atomic mass is 35.5. The van der Waals surface area contributed by atoms with Crippen molar-refractivity contribution in [3.63, 3.8) is 0 Å². The second-order valence-corrected chi connectivity index (χ2v) is 6.36. The fourth-order valence-electron chi connectivity index (χ4n) is 2.74. The Morgan fingerprint density at radius 3 is 2.35 bits per heavy atom. The number of methoxy groups -OCH3 is 1. The Morgan fingerprint density at radius 2 is 1.83 bits per heavy atom. The molecule has 0 spiro atoms. The van der Waals surface area contributed by atoms with E-state index in [4.69, 9.17) is 16.3 Å². The van der Waals surface area contributed by atoms with Crippen LogP contribution in [0.4, 0.5) is 5.95 Å². The summed E-state index contributed by atoms with van der Waals surface area (Å²) in [4.78, 5) is 15.0. The summed E-state index contributed by atoms with van der Waals surface area (Å²) in [5.74, 6) is 3.41. The quantitative estimate of drug-likeness (QED) is 0.863. The van der Waals surface area contributed by atoms with Gasteiger partial charge in [0.2, 0.25) is 11.8 Å². The monoisotopic (exact) mass is 332 g/mol. The number of halogens is 1. The van der Waals surface area contributed by atoms with E-state index >= 15 is 0 Å². The van der Waals surface area contributed by atoms with Crippen LogP contribution in [0.1, 0.15) is 18.9 Å². The summed E-state index contributed by atoms with van der Waals surface area (Å²) in [6, 6.07) is 3.44. The van der Waals surface area contributed by atoms with Gasteiger partial charge < -0.3 is 9.64 Å². The molecule has 0 radical (unpaired) electrons. The maximum absolute atomic E-state index is 5.55. The molecule has 0 bridgehead atoms. The Bertz CT molecular complexity index is 622. The number of pyridine rings is 1. The second kappa shape index (κ2) is 7.13. The van der Waals surface area contributed by atoms with Gasteiger partial charge >= 0.3 is 0 Å². The molecular formula is C17H21ClN4O. The highest BCUT2D eigenvalue weighted by Crippen LogP contribution is 2.45. The largest absolute Gasteiger partial charge is 0.481 e. The van der Waals surface area contributed by atoms with Gasteiger partial charge in [-0.2, -0.15) is 0 Å². The number of hydrogen-bond acceptors (Lipinski definition) is 5. The number of ether oxygens (including phenoxy) is 1. The standard InChI is InChI=1S/C11H15N3.C6H6ClNO/c1-2-8-4-12-11(13-5-8)14-6-9-3-10(9)7-14;1-9-6-3-2-5(7)4-8-6/h4-5,9-10H,2-3,6-7H2,1H3;2-4H,1H3/t9-,10+;. The van der Waals surface area contributed by atoms with E-state index in [-0.39, 0.29) is 0 Å². The van der Waals surface area contributed by atoms with Crippen molar-refractivity contribution in [1.29, 1.82) is 0 Å². The molecule has 2 aliphatic rings. The van der Waals surface area contributed by atoms with E-state index in [0.717, 1.165) is 24.2 Å². The first-order valence-electron chi connectivity index (χ1n) is 7.91. The van der Waals surface area contributed by atoms with Crippen molar-refractivity contribution in [2.45, 2.75) is 19.8 Å². The summed E-state index contributed by atoms with van der Waals surface area (Å²) in [5.41, 5.74) is 1.22. The van der Waals surface area contributed by atoms with Crippen molar-refractivity contribution in [2.75, 3.05) is 25.1 Å². The average molecular weight is 333 g/mol. The topological polar surface area (TPSA) is 51.1 Å². The third kappa shape index (κ3) is 4.10. The van der Waals surface area contributed by atoms with E-state index in [1.165, 1.54) is 25.1 Å². The van der Waals surface area contributed by atoms with Crippen molar-refractivity contribution >= 4 is 17.5 Å². The molecule has 5 nitrogen and oxygen atoms in total. The molecule has 3 heterocycles. The number of anilines is 1. The van der Waals surface area contributed by atoms with Gasteiger partial charge in [0.1, 0.15) is 0 Å². The minimum atomic E-state index is 0.583. The minimum Gasteiger partial charge on any atom is -0.481 e. The van der Waals surface area contributed by atoms with Gasteiger partial charge in [0.15, 0.2) is 0 Å². The first-order chi connectivity index (χ1) is 11.2. The molecule has 1 aliphatic heterocycles. The second-order valence-electron chi connectivity index (χ2n) is 5.92. The minimum absolute atomic E-state index is 0.583. The summed E-state index contributed by atoms with van der Waals surface area (Å²) in [6.45, 7) is 4.48. The van der Waals surface area contributed by atoms with Crippen LogP contribution in [0.25, 0.3) is 0 Å². The molecule has 0 amide bonds. The molecule has 0 aromatic carbocycles. The SMILES string of the molecule is CCc1cnc(N2C[C@H]3C[C@H]3C2)nc1.COc1ccc(Cl)cn1. The van der Waals surface area contributed by atoms with Crippen LogP contribution in [-0.4, -0.2) is 35.2 Å². The van der Waals surface area contributed by atoms with Crippen LogP contribution in [0.5, 0.6) is 5.88 Å². The van der Waals surface area contributed by atoms with Crippen LogP contribution in [0.3, 0.4) is 0 Å². The molecule has 2 aromatic heterocycles. The summed E-state index contributed by atoms with van der Waals surface area (Å²) < 4.78 is 4.80. The van der Waals surface area contributed by atoms with E-state index in [1.807, 2.05) is 12.4 Å². The summed E-state index contributed by atoms with van der Waals surface area (Å²) >= 11 is 5.55. The molecule has 2 fully saturated rings. The van der Waals surface area contributed by atoms with Gasteiger partial charge in [0.05, 0.1) is 12.1 Å². The summed E-state index contributed by atoms with van der Waals surface area (Å²) in [5, 5.41) is 0.621. The van der Waals surface area contributed by atoms with Crippen LogP contribution in [0.15, 0.2) is 30.7 Å². The fraction of sp³-hybridized carbons (Fsp3) is 0.471. The van der Waals surface area contributed by atoms with Gasteiger partial charge in [-0.25, -0.2) is 15.0 Å². The lowest BCUT2D eigenvalue weighted by Crippen LogP contribution is -2.23. The molecule has 4 rings (SSSR count). The van der Waals surface area contributed by atoms with Crippen LogP contribution in [-0.2, 0) is 6.42 Å². The van der Waals surface area contributed by atoms with E-state index in [9.17, 15) is 0 Å². The molecule has 0 N–H and O–H groups in total. The van der Waals surface area contributed by atoms with Crippen LogP contribution >= 0.6 is 11.6 Å². The Hall–Kier alpha value is -1.88. The third-order valence-electron chi connectivity index (χ3n) is 4.27. The van der Waals surface area contributed by atoms with Gasteiger partial charge in [-0.15, -0.1) is 0 Å². The lowest BCUT2D eigenvalue weighted by molar-refractivity contribution is 0.398. The smallest absolute Gasteiger partial charge is 0.225 e. The van der Waals surface area contributed by atoms with Crippen molar-refractivity contribution < 1.29 is 4.74 Å². The van der Waals surface area contributed by atoms with Crippen LogP contribution in [0, 0.1) is 11.8 Å². The lowest BCUT2D eigenvalue weighted by atomic mass is 10.3. The van der Waals surface area contributed by atoms with Crippen molar-refractivity contribution in [3.05, 3.63) is 41.3 Å². The maximum atomic E-state index is 5.55. The van der Waals surface area contributed by atoms with Crippen LogP contribution in [0.2, 0.25) is 5.02 Å². The summed E-state index contributed by atoms with van der Waals surface area (Å²) in [7, 11) is 1.57. The predicted molar refractivity (Wildman–Crippen MR) is 91.0 cm³/mol. The molecule has 2 atom stereocenters. The van der Waals surface area contributed by atoms with Crippen molar-refractivity contribution in [3.8, 4) is 5.88 Å². The van der Waals surface area contributed by atoms with Gasteiger partial charge in [-0.05, 0) is 36.3 Å². The van der Waals surface area contributed by atoms with E-state index in [2.05, 4.69) is 26.8 Å². The molecule has 23 heavy (non-hydrogen) atoms. The lowest BCUT2D eigenvalue weighted by Gasteiger charge is -2.17. The van der Waals surface area contributed by atoms with E-state index < -0.39 is 0 Å². The first kappa shape index (κ1) is 16.0. The predicted octanol–water partition coefficient (Wildman–Crippen LogP) is 3.24. The maximum Gasteiger partial charge on any atom is 0.225 e. The number of piperidine rings is 1. The van der Waals surface area contributed by atoms with Gasteiger partial charge in [0.25, 0.3) is 0 Å². The zero-order valence-corrected chi connectivity index (χ0v) is 14.2. The Kier molecular flexibility index (Phi) is 4.96. The van der Waals surface area contributed by atoms with E-state index in [1.54, 1.807) is 25.4 Å². The summed E-state index contributed by atoms with van der Waals surface area (Å²) in [6.07, 6.45) is 7.90. The van der Waals surface area contributed by atoms with Crippen LogP contribution < -0.4 is 9.64 Å². The van der Waals surface area contributed by atoms with E-state index in [0.29, 0.717) is 10.9 Å². The number of hydrogen-bond donors (Lipinski definition) is 0. The average Bonchev–Trinajstić information content (AvgIpc) is 3.22. The Balaban J connectivity index is 0.000000151. The molecule has 1 saturated heterocycles. The molecule has 6 heteroatoms. The number of aryl methyl sites for hydroxylation is 1. The molecule has 2 aromatic rings. The highest BCUT2D eigenvalue weighted by molar-refractivity contribution is 6.30. The Labute approximate surface area is 141 Å². The normalized spacial score (nSPS) is 21.3. The fourth-order valence-corrected chi connectivity index (χ4v) is 2.85. The van der Waals surface area contributed by atoms with Crippen molar-refractivity contribution in [1.82, 2.24) is 15.0 Å². The number of aromatic nitrogens is 3. The van der Waals surface area contributed by atoms with Crippen molar-refractivity contribution in [2.24, 2.45) is 11.8 Å². The highest BCUT2D eigenvalue weighted by Gasteiger charge is 2.45. The third-order valence-corrected chi connectivity index (χ3v) is 4.49. The number of nitrogens with zero attached hydrogens (tertiary/aromatic N) is 4. The van der Waals surface area contributed by atoms with Gasteiger partial charge in [-0.3, -0.25) is 0 Å². The number of rotatable bonds is 3. The van der Waals surface area contributed by atoms with Gasteiger partial charge in [0, 0.05) is 37.7 Å². The molecule has 0 unspecified atom stereocenters. The number of fused-ring (bicyclic) bond motifs is 1. The molecule has 1 aliphatic carbocycles. The first-order valence-corrected chi connectivity index (χ1v) is 8.28. The zero-order valence-electron chi connectivity index (χ0n) is 13.4.